The van der Waals surface area contributed by atoms with Crippen LogP contribution in [0.2, 0.25) is 5.02 Å². The van der Waals surface area contributed by atoms with Crippen LogP contribution in [0.5, 0.6) is 5.75 Å². The van der Waals surface area contributed by atoms with Crippen LogP contribution in [0.4, 0.5) is 5.69 Å². The van der Waals surface area contributed by atoms with Crippen molar-refractivity contribution in [3.05, 3.63) is 105 Å². The predicted octanol–water partition coefficient (Wildman–Crippen LogP) is 4.49. The van der Waals surface area contributed by atoms with Gasteiger partial charge in [0.2, 0.25) is 0 Å². The molecule has 2 aromatic carbocycles. The summed E-state index contributed by atoms with van der Waals surface area (Å²) in [5.74, 6) is 0.325. The first-order valence-electron chi connectivity index (χ1n) is 9.27. The van der Waals surface area contributed by atoms with Crippen LogP contribution in [0.15, 0.2) is 77.7 Å². The fourth-order valence-electron chi connectivity index (χ4n) is 2.99. The third-order valence-corrected chi connectivity index (χ3v) is 4.77. The van der Waals surface area contributed by atoms with Gasteiger partial charge in [-0.3, -0.25) is 14.0 Å². The molecule has 4 aromatic rings. The second-order valence-corrected chi connectivity index (χ2v) is 7.18. The molecule has 7 heteroatoms. The SMILES string of the molecule is Cc1ccc(NC(=O)c2cccc(Cl)c2)cc1OCc1cc(=O)n2ccccc2n1. The lowest BCUT2D eigenvalue weighted by molar-refractivity contribution is 0.102. The van der Waals surface area contributed by atoms with Gasteiger partial charge in [0.15, 0.2) is 0 Å². The summed E-state index contributed by atoms with van der Waals surface area (Å²) in [7, 11) is 0. The number of aromatic nitrogens is 2. The third-order valence-electron chi connectivity index (χ3n) is 4.53. The van der Waals surface area contributed by atoms with E-state index in [-0.39, 0.29) is 18.1 Å². The Morgan fingerprint density at radius 1 is 1.10 bits per heavy atom. The van der Waals surface area contributed by atoms with Crippen molar-refractivity contribution in [2.24, 2.45) is 0 Å². The Morgan fingerprint density at radius 2 is 1.97 bits per heavy atom. The van der Waals surface area contributed by atoms with E-state index in [1.165, 1.54) is 10.5 Å². The molecule has 30 heavy (non-hydrogen) atoms. The largest absolute Gasteiger partial charge is 0.487 e. The maximum Gasteiger partial charge on any atom is 0.258 e. The number of benzene rings is 2. The van der Waals surface area contributed by atoms with Gasteiger partial charge in [-0.05, 0) is 48.9 Å². The number of carbonyl (C=O) groups excluding carboxylic acids is 1. The van der Waals surface area contributed by atoms with Gasteiger partial charge in [-0.1, -0.05) is 29.8 Å². The number of rotatable bonds is 5. The molecule has 6 nitrogen and oxygen atoms in total. The van der Waals surface area contributed by atoms with E-state index >= 15 is 0 Å². The number of carbonyl (C=O) groups is 1. The van der Waals surface area contributed by atoms with Gasteiger partial charge in [-0.15, -0.1) is 0 Å². The van der Waals surface area contributed by atoms with E-state index in [1.807, 2.05) is 19.1 Å². The van der Waals surface area contributed by atoms with E-state index in [9.17, 15) is 9.59 Å². The summed E-state index contributed by atoms with van der Waals surface area (Å²) in [6, 6.07) is 18.9. The van der Waals surface area contributed by atoms with E-state index < -0.39 is 0 Å². The molecule has 0 fully saturated rings. The standard InChI is InChI=1S/C23H18ClN3O3/c1-15-8-9-18(26-23(29)16-5-4-6-17(24)11-16)12-20(15)30-14-19-13-22(28)27-10-3-2-7-21(27)25-19/h2-13H,14H2,1H3,(H,26,29). The number of ether oxygens (including phenoxy) is 1. The Morgan fingerprint density at radius 3 is 2.80 bits per heavy atom. The molecule has 2 aromatic heterocycles. The molecule has 0 aliphatic carbocycles. The average molecular weight is 420 g/mol. The fraction of sp³-hybridized carbons (Fsp3) is 0.0870. The van der Waals surface area contributed by atoms with Crippen molar-refractivity contribution in [2.75, 3.05) is 5.32 Å². The summed E-state index contributed by atoms with van der Waals surface area (Å²) >= 11 is 5.96. The van der Waals surface area contributed by atoms with Crippen molar-refractivity contribution in [3.63, 3.8) is 0 Å². The summed E-state index contributed by atoms with van der Waals surface area (Å²) in [5, 5.41) is 3.33. The van der Waals surface area contributed by atoms with Crippen LogP contribution in [0.3, 0.4) is 0 Å². The first kappa shape index (κ1) is 19.7. The second-order valence-electron chi connectivity index (χ2n) is 6.75. The summed E-state index contributed by atoms with van der Waals surface area (Å²) in [6.07, 6.45) is 1.67. The fourth-order valence-corrected chi connectivity index (χ4v) is 3.19. The molecule has 0 aliphatic heterocycles. The molecule has 0 bridgehead atoms. The molecule has 0 saturated heterocycles. The summed E-state index contributed by atoms with van der Waals surface area (Å²) in [5.41, 5.74) is 2.87. The molecule has 4 rings (SSSR count). The lowest BCUT2D eigenvalue weighted by Crippen LogP contribution is -2.16. The average Bonchev–Trinajstić information content (AvgIpc) is 2.74. The molecule has 150 valence electrons. The smallest absolute Gasteiger partial charge is 0.258 e. The molecular formula is C23H18ClN3O3. The molecule has 0 radical (unpaired) electrons. The molecular weight excluding hydrogens is 402 g/mol. The van der Waals surface area contributed by atoms with Gasteiger partial charge in [0.05, 0.1) is 5.69 Å². The van der Waals surface area contributed by atoms with Crippen LogP contribution in [-0.4, -0.2) is 15.3 Å². The lowest BCUT2D eigenvalue weighted by Gasteiger charge is -2.12. The molecule has 2 heterocycles. The van der Waals surface area contributed by atoms with Gasteiger partial charge < -0.3 is 10.1 Å². The predicted molar refractivity (Wildman–Crippen MR) is 116 cm³/mol. The molecule has 1 amide bonds. The topological polar surface area (TPSA) is 72.7 Å². The minimum Gasteiger partial charge on any atom is -0.487 e. The van der Waals surface area contributed by atoms with Gasteiger partial charge in [0.25, 0.3) is 11.5 Å². The van der Waals surface area contributed by atoms with Gasteiger partial charge in [-0.25, -0.2) is 4.98 Å². The highest BCUT2D eigenvalue weighted by molar-refractivity contribution is 6.31. The molecule has 0 saturated carbocycles. The summed E-state index contributed by atoms with van der Waals surface area (Å²) in [6.45, 7) is 2.04. The number of amides is 1. The maximum absolute atomic E-state index is 12.4. The molecule has 0 spiro atoms. The van der Waals surface area contributed by atoms with Gasteiger partial charge in [-0.2, -0.15) is 0 Å². The minimum absolute atomic E-state index is 0.132. The summed E-state index contributed by atoms with van der Waals surface area (Å²) < 4.78 is 7.36. The quantitative estimate of drug-likeness (QED) is 0.517. The number of pyridine rings is 1. The van der Waals surface area contributed by atoms with E-state index in [1.54, 1.807) is 54.7 Å². The zero-order chi connectivity index (χ0) is 21.1. The zero-order valence-corrected chi connectivity index (χ0v) is 16.9. The van der Waals surface area contributed by atoms with Gasteiger partial charge in [0.1, 0.15) is 18.0 Å². The highest BCUT2D eigenvalue weighted by atomic mass is 35.5. The zero-order valence-electron chi connectivity index (χ0n) is 16.1. The highest BCUT2D eigenvalue weighted by Gasteiger charge is 2.09. The van der Waals surface area contributed by atoms with E-state index in [4.69, 9.17) is 16.3 Å². The number of anilines is 1. The van der Waals surface area contributed by atoms with Gasteiger partial charge >= 0.3 is 0 Å². The number of fused-ring (bicyclic) bond motifs is 1. The van der Waals surface area contributed by atoms with Crippen LogP contribution in [-0.2, 0) is 6.61 Å². The number of aryl methyl sites for hydroxylation is 1. The molecule has 0 atom stereocenters. The number of nitrogens with one attached hydrogen (secondary N) is 1. The number of hydrogen-bond acceptors (Lipinski definition) is 4. The maximum atomic E-state index is 12.4. The number of nitrogens with zero attached hydrogens (tertiary/aromatic N) is 2. The van der Waals surface area contributed by atoms with E-state index in [0.29, 0.717) is 33.4 Å². The highest BCUT2D eigenvalue weighted by Crippen LogP contribution is 2.24. The van der Waals surface area contributed by atoms with E-state index in [0.717, 1.165) is 5.56 Å². The molecule has 0 aliphatic rings. The monoisotopic (exact) mass is 419 g/mol. The van der Waals surface area contributed by atoms with E-state index in [2.05, 4.69) is 10.3 Å². The van der Waals surface area contributed by atoms with Crippen LogP contribution < -0.4 is 15.6 Å². The molecule has 0 unspecified atom stereocenters. The Labute approximate surface area is 177 Å². The lowest BCUT2D eigenvalue weighted by atomic mass is 10.1. The molecule has 1 N–H and O–H groups in total. The number of halogens is 1. The number of hydrogen-bond donors (Lipinski definition) is 1. The minimum atomic E-state index is -0.267. The summed E-state index contributed by atoms with van der Waals surface area (Å²) in [4.78, 5) is 29.1. The van der Waals surface area contributed by atoms with Crippen molar-refractivity contribution in [2.45, 2.75) is 13.5 Å². The van der Waals surface area contributed by atoms with Crippen molar-refractivity contribution in [1.29, 1.82) is 0 Å². The Balaban J connectivity index is 1.51. The van der Waals surface area contributed by atoms with Crippen molar-refractivity contribution >= 4 is 28.8 Å². The van der Waals surface area contributed by atoms with Crippen LogP contribution in [0.1, 0.15) is 21.6 Å². The third kappa shape index (κ3) is 4.34. The first-order valence-corrected chi connectivity index (χ1v) is 9.65. The Kier molecular flexibility index (Phi) is 5.50. The van der Waals surface area contributed by atoms with Crippen LogP contribution >= 0.6 is 11.6 Å². The normalized spacial score (nSPS) is 10.7. The Hall–Kier alpha value is -3.64. The Bertz CT molecular complexity index is 1300. The van der Waals surface area contributed by atoms with Crippen LogP contribution in [0.25, 0.3) is 5.65 Å². The van der Waals surface area contributed by atoms with Crippen molar-refractivity contribution < 1.29 is 9.53 Å². The second kappa shape index (κ2) is 8.39. The van der Waals surface area contributed by atoms with Crippen molar-refractivity contribution in [1.82, 2.24) is 9.38 Å². The van der Waals surface area contributed by atoms with Crippen LogP contribution in [0, 0.1) is 6.92 Å². The van der Waals surface area contributed by atoms with Crippen molar-refractivity contribution in [3.8, 4) is 5.75 Å². The van der Waals surface area contributed by atoms with Gasteiger partial charge in [0, 0.05) is 34.6 Å². The first-order chi connectivity index (χ1) is 14.5.